The van der Waals surface area contributed by atoms with Crippen molar-refractivity contribution in [3.8, 4) is 5.75 Å². The first-order valence-electron chi connectivity index (χ1n) is 8.00. The third-order valence-corrected chi connectivity index (χ3v) is 4.84. The molecule has 1 saturated heterocycles. The Labute approximate surface area is 131 Å². The Kier molecular flexibility index (Phi) is 4.64. The van der Waals surface area contributed by atoms with Crippen LogP contribution >= 0.6 is 0 Å². The van der Waals surface area contributed by atoms with Gasteiger partial charge in [0.05, 0.1) is 19.2 Å². The zero-order valence-electron chi connectivity index (χ0n) is 13.0. The summed E-state index contributed by atoms with van der Waals surface area (Å²) in [6, 6.07) is 5.61. The molecule has 2 aliphatic rings. The fourth-order valence-electron chi connectivity index (χ4n) is 3.52. The molecule has 1 fully saturated rings. The molecule has 0 aromatic heterocycles. The van der Waals surface area contributed by atoms with Crippen LogP contribution in [0.2, 0.25) is 0 Å². The van der Waals surface area contributed by atoms with Gasteiger partial charge in [0, 0.05) is 13.2 Å². The number of benzene rings is 1. The van der Waals surface area contributed by atoms with Gasteiger partial charge in [0.2, 0.25) is 5.91 Å². The van der Waals surface area contributed by atoms with Crippen LogP contribution in [0.15, 0.2) is 18.2 Å². The number of hydrogen-bond acceptors (Lipinski definition) is 4. The van der Waals surface area contributed by atoms with Gasteiger partial charge in [0.1, 0.15) is 5.75 Å². The van der Waals surface area contributed by atoms with E-state index in [4.69, 9.17) is 15.2 Å². The zero-order valence-corrected chi connectivity index (χ0v) is 13.0. The smallest absolute Gasteiger partial charge is 0.237 e. The molecule has 3 N–H and O–H groups in total. The van der Waals surface area contributed by atoms with Crippen molar-refractivity contribution in [1.29, 1.82) is 0 Å². The first kappa shape index (κ1) is 15.3. The van der Waals surface area contributed by atoms with Gasteiger partial charge in [-0.2, -0.15) is 0 Å². The summed E-state index contributed by atoms with van der Waals surface area (Å²) in [6.07, 6.45) is 3.56. The molecule has 2 unspecified atom stereocenters. The van der Waals surface area contributed by atoms with Crippen LogP contribution in [-0.2, 0) is 16.0 Å². The van der Waals surface area contributed by atoms with Gasteiger partial charge in [-0.15, -0.1) is 0 Å². The Morgan fingerprint density at radius 2 is 2.14 bits per heavy atom. The fraction of sp³-hybridized carbons (Fsp3) is 0.588. The van der Waals surface area contributed by atoms with Crippen molar-refractivity contribution in [3.63, 3.8) is 0 Å². The van der Waals surface area contributed by atoms with E-state index < -0.39 is 6.04 Å². The summed E-state index contributed by atoms with van der Waals surface area (Å²) in [5, 5.41) is 3.12. The van der Waals surface area contributed by atoms with E-state index in [9.17, 15) is 4.79 Å². The topological polar surface area (TPSA) is 73.6 Å². The summed E-state index contributed by atoms with van der Waals surface area (Å²) in [4.78, 5) is 12.5. The van der Waals surface area contributed by atoms with Gasteiger partial charge >= 0.3 is 0 Å². The number of rotatable bonds is 4. The van der Waals surface area contributed by atoms with Crippen LogP contribution in [0.1, 0.15) is 36.4 Å². The number of nitrogens with two attached hydrogens (primary N) is 1. The predicted octanol–water partition coefficient (Wildman–Crippen LogP) is 1.55. The second-order valence-corrected chi connectivity index (χ2v) is 6.10. The number of fused-ring (bicyclic) bond motifs is 1. The Bertz CT molecular complexity index is 541. The van der Waals surface area contributed by atoms with Crippen molar-refractivity contribution in [3.05, 3.63) is 29.3 Å². The van der Waals surface area contributed by atoms with Gasteiger partial charge in [0.25, 0.3) is 0 Å². The van der Waals surface area contributed by atoms with Crippen molar-refractivity contribution in [2.75, 3.05) is 20.3 Å². The summed E-state index contributed by atoms with van der Waals surface area (Å²) in [5.41, 5.74) is 8.52. The SMILES string of the molecule is COc1cccc2c1CCC2NC(=O)C(N)C1CCOCC1. The van der Waals surface area contributed by atoms with Crippen molar-refractivity contribution >= 4 is 5.91 Å². The molecular weight excluding hydrogens is 280 g/mol. The minimum atomic E-state index is -0.446. The third kappa shape index (κ3) is 2.96. The molecule has 5 heteroatoms. The molecule has 1 aliphatic heterocycles. The fourth-order valence-corrected chi connectivity index (χ4v) is 3.52. The summed E-state index contributed by atoms with van der Waals surface area (Å²) in [5.74, 6) is 1.08. The molecule has 1 amide bonds. The van der Waals surface area contributed by atoms with Gasteiger partial charge in [-0.25, -0.2) is 0 Å². The Morgan fingerprint density at radius 3 is 2.86 bits per heavy atom. The van der Waals surface area contributed by atoms with Crippen LogP contribution < -0.4 is 15.8 Å². The number of carbonyl (C=O) groups excluding carboxylic acids is 1. The first-order valence-corrected chi connectivity index (χ1v) is 8.00. The molecule has 22 heavy (non-hydrogen) atoms. The Morgan fingerprint density at radius 1 is 1.36 bits per heavy atom. The average molecular weight is 304 g/mol. The van der Waals surface area contributed by atoms with Crippen molar-refractivity contribution < 1.29 is 14.3 Å². The normalized spacial score (nSPS) is 22.9. The molecule has 1 heterocycles. The molecule has 0 spiro atoms. The quantitative estimate of drug-likeness (QED) is 0.885. The first-order chi connectivity index (χ1) is 10.7. The van der Waals surface area contributed by atoms with E-state index in [0.717, 1.165) is 37.0 Å². The van der Waals surface area contributed by atoms with Gasteiger partial charge < -0.3 is 20.5 Å². The van der Waals surface area contributed by atoms with Gasteiger partial charge in [0.15, 0.2) is 0 Å². The van der Waals surface area contributed by atoms with Crippen LogP contribution in [0.5, 0.6) is 5.75 Å². The maximum absolute atomic E-state index is 12.5. The van der Waals surface area contributed by atoms with E-state index in [-0.39, 0.29) is 17.9 Å². The highest BCUT2D eigenvalue weighted by Crippen LogP contribution is 2.36. The van der Waals surface area contributed by atoms with E-state index in [1.165, 1.54) is 5.56 Å². The lowest BCUT2D eigenvalue weighted by atomic mass is 9.91. The Hall–Kier alpha value is -1.59. The second kappa shape index (κ2) is 6.67. The molecule has 1 aromatic rings. The van der Waals surface area contributed by atoms with E-state index in [2.05, 4.69) is 11.4 Å². The van der Waals surface area contributed by atoms with E-state index in [1.54, 1.807) is 7.11 Å². The number of carbonyl (C=O) groups is 1. The van der Waals surface area contributed by atoms with E-state index in [1.807, 2.05) is 12.1 Å². The van der Waals surface area contributed by atoms with Crippen LogP contribution in [0.25, 0.3) is 0 Å². The molecule has 0 bridgehead atoms. The number of methoxy groups -OCH3 is 1. The highest BCUT2D eigenvalue weighted by molar-refractivity contribution is 5.82. The number of hydrogen-bond donors (Lipinski definition) is 2. The van der Waals surface area contributed by atoms with Crippen molar-refractivity contribution in [1.82, 2.24) is 5.32 Å². The van der Waals surface area contributed by atoms with Crippen LogP contribution in [-0.4, -0.2) is 32.3 Å². The molecule has 1 aliphatic carbocycles. The summed E-state index contributed by atoms with van der Waals surface area (Å²) >= 11 is 0. The van der Waals surface area contributed by atoms with Gasteiger partial charge in [-0.05, 0) is 48.8 Å². The minimum Gasteiger partial charge on any atom is -0.496 e. The maximum Gasteiger partial charge on any atom is 0.237 e. The zero-order chi connectivity index (χ0) is 15.5. The molecule has 120 valence electrons. The van der Waals surface area contributed by atoms with Crippen molar-refractivity contribution in [2.45, 2.75) is 37.8 Å². The number of amides is 1. The molecule has 1 aromatic carbocycles. The maximum atomic E-state index is 12.5. The molecular formula is C17H24N2O3. The second-order valence-electron chi connectivity index (χ2n) is 6.10. The van der Waals surface area contributed by atoms with Crippen LogP contribution in [0, 0.1) is 5.92 Å². The largest absolute Gasteiger partial charge is 0.496 e. The molecule has 5 nitrogen and oxygen atoms in total. The predicted molar refractivity (Wildman–Crippen MR) is 83.7 cm³/mol. The number of ether oxygens (including phenoxy) is 2. The molecule has 3 rings (SSSR count). The van der Waals surface area contributed by atoms with Crippen LogP contribution in [0.3, 0.4) is 0 Å². The lowest BCUT2D eigenvalue weighted by Gasteiger charge is -2.28. The van der Waals surface area contributed by atoms with Gasteiger partial charge in [-0.3, -0.25) is 4.79 Å². The third-order valence-electron chi connectivity index (χ3n) is 4.84. The minimum absolute atomic E-state index is 0.0449. The van der Waals surface area contributed by atoms with Gasteiger partial charge in [-0.1, -0.05) is 12.1 Å². The van der Waals surface area contributed by atoms with Crippen LogP contribution in [0.4, 0.5) is 0 Å². The van der Waals surface area contributed by atoms with Crippen molar-refractivity contribution in [2.24, 2.45) is 11.7 Å². The number of nitrogens with one attached hydrogen (secondary N) is 1. The molecule has 0 radical (unpaired) electrons. The lowest BCUT2D eigenvalue weighted by molar-refractivity contribution is -0.125. The Balaban J connectivity index is 1.66. The molecule has 0 saturated carbocycles. The summed E-state index contributed by atoms with van der Waals surface area (Å²) in [7, 11) is 1.68. The summed E-state index contributed by atoms with van der Waals surface area (Å²) < 4.78 is 10.7. The average Bonchev–Trinajstić information content (AvgIpc) is 2.98. The monoisotopic (exact) mass is 304 g/mol. The highest BCUT2D eigenvalue weighted by Gasteiger charge is 2.31. The van der Waals surface area contributed by atoms with E-state index >= 15 is 0 Å². The van der Waals surface area contributed by atoms with E-state index in [0.29, 0.717) is 13.2 Å². The highest BCUT2D eigenvalue weighted by atomic mass is 16.5. The summed E-state index contributed by atoms with van der Waals surface area (Å²) in [6.45, 7) is 1.41. The molecule has 2 atom stereocenters. The standard InChI is InChI=1S/C17H24N2O3/c1-21-15-4-2-3-12-13(15)5-6-14(12)19-17(20)16(18)11-7-9-22-10-8-11/h2-4,11,14,16H,5-10,18H2,1H3,(H,19,20). The lowest BCUT2D eigenvalue weighted by Crippen LogP contribution is -2.47.